The number of nitrogens with one attached hydrogen (secondary N) is 1. The number of carbonyl (C=O) groups excluding carboxylic acids is 1. The molecule has 0 aliphatic carbocycles. The molecule has 0 aromatic carbocycles. The van der Waals surface area contributed by atoms with Gasteiger partial charge in [0.25, 0.3) is 0 Å². The molecule has 0 saturated heterocycles. The van der Waals surface area contributed by atoms with E-state index in [2.05, 4.69) is 5.32 Å². The molecule has 0 heterocycles. The minimum atomic E-state index is -0.597. The summed E-state index contributed by atoms with van der Waals surface area (Å²) in [5, 5.41) is 11.0. The fourth-order valence-corrected chi connectivity index (χ4v) is 0.825. The van der Waals surface area contributed by atoms with Crippen LogP contribution in [-0.4, -0.2) is 30.0 Å². The summed E-state index contributed by atoms with van der Waals surface area (Å²) in [6, 6.07) is 0. The van der Waals surface area contributed by atoms with E-state index in [0.29, 0.717) is 11.9 Å². The highest BCUT2D eigenvalue weighted by Crippen LogP contribution is 2.07. The van der Waals surface area contributed by atoms with Gasteiger partial charge in [-0.2, -0.15) is 0 Å². The van der Waals surface area contributed by atoms with Crippen molar-refractivity contribution in [2.24, 2.45) is 0 Å². The van der Waals surface area contributed by atoms with Crippen molar-refractivity contribution in [1.82, 2.24) is 5.32 Å². The maximum absolute atomic E-state index is 12.2. The third-order valence-electron chi connectivity index (χ3n) is 1.45. The summed E-state index contributed by atoms with van der Waals surface area (Å²) >= 11 is 0. The van der Waals surface area contributed by atoms with Crippen LogP contribution in [0.25, 0.3) is 0 Å². The van der Waals surface area contributed by atoms with Gasteiger partial charge in [-0.1, -0.05) is 0 Å². The molecule has 5 heteroatoms. The standard InChI is InChI=1S/C10H18FNO3/c1-10(2,3)15-9(14)12-7-8(6-11)4-5-13/h6,13H,4-5,7H2,1-3H3,(H,12,14). The first-order valence-electron chi connectivity index (χ1n) is 4.75. The average Bonchev–Trinajstić information content (AvgIpc) is 2.09. The van der Waals surface area contributed by atoms with Crippen LogP contribution in [-0.2, 0) is 4.74 Å². The van der Waals surface area contributed by atoms with Crippen LogP contribution in [0.15, 0.2) is 11.9 Å². The maximum atomic E-state index is 12.2. The molecule has 0 unspecified atom stereocenters. The van der Waals surface area contributed by atoms with Crippen LogP contribution in [0.3, 0.4) is 0 Å². The number of halogens is 1. The second kappa shape index (κ2) is 6.40. The Morgan fingerprint density at radius 1 is 1.53 bits per heavy atom. The molecule has 0 atom stereocenters. The molecule has 4 nitrogen and oxygen atoms in total. The average molecular weight is 219 g/mol. The van der Waals surface area contributed by atoms with E-state index in [1.54, 1.807) is 20.8 Å². The van der Waals surface area contributed by atoms with E-state index in [0.717, 1.165) is 0 Å². The molecule has 1 amide bonds. The quantitative estimate of drug-likeness (QED) is 0.757. The topological polar surface area (TPSA) is 58.6 Å². The lowest BCUT2D eigenvalue weighted by atomic mass is 10.2. The molecule has 2 N–H and O–H groups in total. The summed E-state index contributed by atoms with van der Waals surface area (Å²) < 4.78 is 17.1. The second-order valence-electron chi connectivity index (χ2n) is 4.10. The summed E-state index contributed by atoms with van der Waals surface area (Å²) in [6.45, 7) is 5.13. The maximum Gasteiger partial charge on any atom is 0.407 e. The zero-order valence-electron chi connectivity index (χ0n) is 9.34. The predicted octanol–water partition coefficient (Wildman–Crippen LogP) is 1.75. The number of hydrogen-bond donors (Lipinski definition) is 2. The number of rotatable bonds is 4. The summed E-state index contributed by atoms with van der Waals surface area (Å²) in [7, 11) is 0. The van der Waals surface area contributed by atoms with E-state index in [1.807, 2.05) is 0 Å². The van der Waals surface area contributed by atoms with Crippen molar-refractivity contribution in [1.29, 1.82) is 0 Å². The van der Waals surface area contributed by atoms with Crippen LogP contribution in [0.2, 0.25) is 0 Å². The van der Waals surface area contributed by atoms with Gasteiger partial charge in [0.15, 0.2) is 0 Å². The molecule has 0 aliphatic rings. The Bertz CT molecular complexity index is 233. The Hall–Kier alpha value is -1.10. The molecule has 88 valence electrons. The molecule has 0 spiro atoms. The van der Waals surface area contributed by atoms with Gasteiger partial charge in [-0.05, 0) is 32.8 Å². The number of aliphatic hydroxyl groups is 1. The molecule has 0 bridgehead atoms. The summed E-state index contributed by atoms with van der Waals surface area (Å²) in [6.07, 6.45) is -0.0142. The minimum absolute atomic E-state index is 0.0476. The fourth-order valence-electron chi connectivity index (χ4n) is 0.825. The van der Waals surface area contributed by atoms with E-state index in [9.17, 15) is 9.18 Å². The van der Waals surface area contributed by atoms with Crippen LogP contribution in [0.1, 0.15) is 27.2 Å². The molecular weight excluding hydrogens is 201 g/mol. The normalized spacial score (nSPS) is 12.5. The Labute approximate surface area is 89.1 Å². The van der Waals surface area contributed by atoms with Gasteiger partial charge < -0.3 is 15.2 Å². The van der Waals surface area contributed by atoms with Gasteiger partial charge in [-0.15, -0.1) is 0 Å². The predicted molar refractivity (Wildman–Crippen MR) is 55.1 cm³/mol. The van der Waals surface area contributed by atoms with E-state index in [4.69, 9.17) is 9.84 Å². The highest BCUT2D eigenvalue weighted by Gasteiger charge is 2.15. The van der Waals surface area contributed by atoms with Crippen LogP contribution < -0.4 is 5.32 Å². The van der Waals surface area contributed by atoms with Crippen molar-refractivity contribution in [2.45, 2.75) is 32.8 Å². The first kappa shape index (κ1) is 13.9. The highest BCUT2D eigenvalue weighted by molar-refractivity contribution is 5.67. The zero-order valence-corrected chi connectivity index (χ0v) is 9.34. The summed E-state index contributed by atoms with van der Waals surface area (Å²) in [5.74, 6) is 0. The Kier molecular flexibility index (Phi) is 5.93. The highest BCUT2D eigenvalue weighted by atomic mass is 19.1. The van der Waals surface area contributed by atoms with Crippen LogP contribution >= 0.6 is 0 Å². The molecule has 15 heavy (non-hydrogen) atoms. The Morgan fingerprint density at radius 2 is 2.13 bits per heavy atom. The van der Waals surface area contributed by atoms with Gasteiger partial charge >= 0.3 is 6.09 Å². The largest absolute Gasteiger partial charge is 0.444 e. The van der Waals surface area contributed by atoms with Gasteiger partial charge in [0, 0.05) is 13.2 Å². The van der Waals surface area contributed by atoms with Crippen molar-refractivity contribution in [3.63, 3.8) is 0 Å². The van der Waals surface area contributed by atoms with E-state index in [1.165, 1.54) is 0 Å². The van der Waals surface area contributed by atoms with E-state index < -0.39 is 11.7 Å². The Balaban J connectivity index is 3.90. The molecule has 0 radical (unpaired) electrons. The van der Waals surface area contributed by atoms with Gasteiger partial charge in [-0.3, -0.25) is 0 Å². The number of ether oxygens (including phenoxy) is 1. The van der Waals surface area contributed by atoms with Gasteiger partial charge in [-0.25, -0.2) is 9.18 Å². The van der Waals surface area contributed by atoms with Crippen LogP contribution in [0, 0.1) is 0 Å². The lowest BCUT2D eigenvalue weighted by Gasteiger charge is -2.19. The van der Waals surface area contributed by atoms with Gasteiger partial charge in [0.1, 0.15) is 5.60 Å². The molecule has 0 rings (SSSR count). The van der Waals surface area contributed by atoms with Crippen molar-refractivity contribution in [3.8, 4) is 0 Å². The van der Waals surface area contributed by atoms with Crippen molar-refractivity contribution in [2.75, 3.05) is 13.2 Å². The molecule has 0 aromatic heterocycles. The van der Waals surface area contributed by atoms with Crippen molar-refractivity contribution < 1.29 is 19.0 Å². The Morgan fingerprint density at radius 3 is 2.53 bits per heavy atom. The number of carbonyl (C=O) groups is 1. The fraction of sp³-hybridized carbons (Fsp3) is 0.700. The minimum Gasteiger partial charge on any atom is -0.444 e. The summed E-state index contributed by atoms with van der Waals surface area (Å²) in [5.41, 5.74) is -0.246. The van der Waals surface area contributed by atoms with Gasteiger partial charge in [0.2, 0.25) is 0 Å². The molecule has 0 saturated carbocycles. The third-order valence-corrected chi connectivity index (χ3v) is 1.45. The lowest BCUT2D eigenvalue weighted by Crippen LogP contribution is -2.33. The van der Waals surface area contributed by atoms with Crippen LogP contribution in [0.5, 0.6) is 0 Å². The SMILES string of the molecule is CC(C)(C)OC(=O)NCC(=CF)CCO. The lowest BCUT2D eigenvalue weighted by molar-refractivity contribution is 0.0531. The first-order valence-corrected chi connectivity index (χ1v) is 4.75. The molecule has 0 aliphatic heterocycles. The molecule has 0 aromatic rings. The van der Waals surface area contributed by atoms with Crippen LogP contribution in [0.4, 0.5) is 9.18 Å². The number of hydrogen-bond acceptors (Lipinski definition) is 3. The smallest absolute Gasteiger partial charge is 0.407 e. The van der Waals surface area contributed by atoms with Crippen molar-refractivity contribution in [3.05, 3.63) is 11.9 Å². The molecule has 0 fully saturated rings. The second-order valence-corrected chi connectivity index (χ2v) is 4.10. The number of amides is 1. The van der Waals surface area contributed by atoms with Crippen molar-refractivity contribution >= 4 is 6.09 Å². The van der Waals surface area contributed by atoms with Gasteiger partial charge in [0.05, 0.1) is 6.33 Å². The van der Waals surface area contributed by atoms with E-state index in [-0.39, 0.29) is 19.6 Å². The van der Waals surface area contributed by atoms with E-state index >= 15 is 0 Å². The third kappa shape index (κ3) is 7.93. The monoisotopic (exact) mass is 219 g/mol. The zero-order chi connectivity index (χ0) is 11.9. The number of aliphatic hydroxyl groups excluding tert-OH is 1. The summed E-state index contributed by atoms with van der Waals surface area (Å²) in [4.78, 5) is 11.1. The number of alkyl carbamates (subject to hydrolysis) is 1. The first-order chi connectivity index (χ1) is 6.89. The molecular formula is C10H18FNO3.